The van der Waals surface area contributed by atoms with Crippen LogP contribution in [0, 0.1) is 5.41 Å². The molecule has 0 spiro atoms. The summed E-state index contributed by atoms with van der Waals surface area (Å²) in [5, 5.41) is 9.65. The minimum Gasteiger partial charge on any atom is -0.481 e. The third-order valence-electron chi connectivity index (χ3n) is 4.90. The smallest absolute Gasteiger partial charge is 0.310 e. The molecule has 2 rings (SSSR count). The van der Waals surface area contributed by atoms with Crippen LogP contribution < -0.4 is 0 Å². The molecule has 19 heavy (non-hydrogen) atoms. The highest BCUT2D eigenvalue weighted by Crippen LogP contribution is 2.36. The van der Waals surface area contributed by atoms with Crippen LogP contribution in [0.25, 0.3) is 0 Å². The third-order valence-corrected chi connectivity index (χ3v) is 4.90. The van der Waals surface area contributed by atoms with Crippen molar-refractivity contribution >= 4 is 5.97 Å². The van der Waals surface area contributed by atoms with E-state index in [2.05, 4.69) is 23.8 Å². The Morgan fingerprint density at radius 2 is 2.16 bits per heavy atom. The molecular formula is C15H28N2O2. The predicted molar refractivity (Wildman–Crippen MR) is 76.3 cm³/mol. The average Bonchev–Trinajstić information content (AvgIpc) is 2.39. The number of likely N-dealkylation sites (tertiary alicyclic amines) is 2. The Kier molecular flexibility index (Phi) is 4.85. The molecule has 2 atom stereocenters. The number of rotatable bonds is 4. The molecule has 0 saturated carbocycles. The summed E-state index contributed by atoms with van der Waals surface area (Å²) in [6.45, 7) is 6.22. The second-order valence-corrected chi connectivity index (χ2v) is 6.47. The molecule has 0 aliphatic carbocycles. The number of likely N-dealkylation sites (N-methyl/N-ethyl adjacent to an activating group) is 1. The molecule has 2 aliphatic rings. The van der Waals surface area contributed by atoms with Crippen molar-refractivity contribution in [1.29, 1.82) is 0 Å². The number of nitrogens with zero attached hydrogens (tertiary/aromatic N) is 2. The lowest BCUT2D eigenvalue weighted by Gasteiger charge is -2.45. The van der Waals surface area contributed by atoms with Gasteiger partial charge in [-0.2, -0.15) is 0 Å². The maximum atomic E-state index is 11.7. The van der Waals surface area contributed by atoms with Gasteiger partial charge in [-0.05, 0) is 52.2 Å². The highest BCUT2D eigenvalue weighted by molar-refractivity contribution is 5.75. The first kappa shape index (κ1) is 14.8. The number of carboxylic acid groups (broad SMARTS) is 1. The van der Waals surface area contributed by atoms with Gasteiger partial charge in [0.2, 0.25) is 0 Å². The highest BCUT2D eigenvalue weighted by Gasteiger charge is 2.43. The zero-order valence-electron chi connectivity index (χ0n) is 12.4. The summed E-state index contributed by atoms with van der Waals surface area (Å²) in [5.41, 5.74) is -0.483. The van der Waals surface area contributed by atoms with Crippen molar-refractivity contribution in [3.63, 3.8) is 0 Å². The van der Waals surface area contributed by atoms with Gasteiger partial charge in [-0.1, -0.05) is 13.3 Å². The molecule has 2 unspecified atom stereocenters. The van der Waals surface area contributed by atoms with Gasteiger partial charge in [0, 0.05) is 19.1 Å². The van der Waals surface area contributed by atoms with E-state index >= 15 is 0 Å². The molecule has 110 valence electrons. The number of hydrogen-bond acceptors (Lipinski definition) is 3. The lowest BCUT2D eigenvalue weighted by Crippen LogP contribution is -2.55. The van der Waals surface area contributed by atoms with Crippen molar-refractivity contribution in [1.82, 2.24) is 9.80 Å². The summed E-state index contributed by atoms with van der Waals surface area (Å²) >= 11 is 0. The molecule has 4 heteroatoms. The van der Waals surface area contributed by atoms with Crippen molar-refractivity contribution in [3.05, 3.63) is 0 Å². The summed E-state index contributed by atoms with van der Waals surface area (Å²) in [4.78, 5) is 16.6. The van der Waals surface area contributed by atoms with Crippen LogP contribution in [0.4, 0.5) is 0 Å². The van der Waals surface area contributed by atoms with Crippen molar-refractivity contribution in [3.8, 4) is 0 Å². The third kappa shape index (κ3) is 3.29. The Labute approximate surface area is 116 Å². The zero-order valence-corrected chi connectivity index (χ0v) is 12.4. The fraction of sp³-hybridized carbons (Fsp3) is 0.933. The number of carboxylic acids is 1. The van der Waals surface area contributed by atoms with Crippen LogP contribution in [-0.4, -0.2) is 60.1 Å². The van der Waals surface area contributed by atoms with E-state index in [1.54, 1.807) is 0 Å². The summed E-state index contributed by atoms with van der Waals surface area (Å²) in [5.74, 6) is -0.580. The summed E-state index contributed by atoms with van der Waals surface area (Å²) in [6.07, 6.45) is 6.14. The fourth-order valence-electron chi connectivity index (χ4n) is 3.88. The molecule has 0 amide bonds. The quantitative estimate of drug-likeness (QED) is 0.847. The number of hydrogen-bond donors (Lipinski definition) is 1. The van der Waals surface area contributed by atoms with Gasteiger partial charge < -0.3 is 10.0 Å². The maximum Gasteiger partial charge on any atom is 0.310 e. The maximum absolute atomic E-state index is 11.7. The standard InChI is InChI=1S/C15H28N2O2/c1-3-7-15(14(18)19)8-5-10-17(12-15)13-6-4-9-16(2)11-13/h13H,3-12H2,1-2H3,(H,18,19). The van der Waals surface area contributed by atoms with Gasteiger partial charge in [0.1, 0.15) is 0 Å². The minimum absolute atomic E-state index is 0.483. The Bertz CT molecular complexity index is 317. The second kappa shape index (κ2) is 6.23. The molecule has 2 heterocycles. The highest BCUT2D eigenvalue weighted by atomic mass is 16.4. The molecule has 2 aliphatic heterocycles. The number of carbonyl (C=O) groups is 1. The SMILES string of the molecule is CCCC1(C(=O)O)CCCN(C2CCCN(C)C2)C1. The zero-order chi connectivity index (χ0) is 13.9. The fourth-order valence-corrected chi connectivity index (χ4v) is 3.88. The Morgan fingerprint density at radius 3 is 2.79 bits per heavy atom. The first-order valence-corrected chi connectivity index (χ1v) is 7.73. The molecule has 1 N–H and O–H groups in total. The van der Waals surface area contributed by atoms with E-state index in [9.17, 15) is 9.90 Å². The van der Waals surface area contributed by atoms with Crippen molar-refractivity contribution in [2.24, 2.45) is 5.41 Å². The Hall–Kier alpha value is -0.610. The molecular weight excluding hydrogens is 240 g/mol. The van der Waals surface area contributed by atoms with E-state index in [1.807, 2.05) is 0 Å². The van der Waals surface area contributed by atoms with Crippen LogP contribution >= 0.6 is 0 Å². The van der Waals surface area contributed by atoms with E-state index in [0.29, 0.717) is 6.04 Å². The molecule has 2 saturated heterocycles. The van der Waals surface area contributed by atoms with Crippen LogP contribution in [0.2, 0.25) is 0 Å². The normalized spacial score (nSPS) is 34.3. The molecule has 0 radical (unpaired) electrons. The molecule has 0 aromatic rings. The lowest BCUT2D eigenvalue weighted by atomic mass is 9.75. The molecule has 2 fully saturated rings. The van der Waals surface area contributed by atoms with Gasteiger partial charge in [-0.15, -0.1) is 0 Å². The predicted octanol–water partition coefficient (Wildman–Crippen LogP) is 2.05. The monoisotopic (exact) mass is 268 g/mol. The van der Waals surface area contributed by atoms with Crippen molar-refractivity contribution in [2.45, 2.75) is 51.5 Å². The van der Waals surface area contributed by atoms with Gasteiger partial charge in [-0.3, -0.25) is 9.69 Å². The van der Waals surface area contributed by atoms with E-state index in [0.717, 1.165) is 45.3 Å². The molecule has 0 aromatic heterocycles. The van der Waals surface area contributed by atoms with Gasteiger partial charge in [0.15, 0.2) is 0 Å². The minimum atomic E-state index is -0.580. The molecule has 4 nitrogen and oxygen atoms in total. The largest absolute Gasteiger partial charge is 0.481 e. The van der Waals surface area contributed by atoms with Crippen LogP contribution in [0.3, 0.4) is 0 Å². The van der Waals surface area contributed by atoms with E-state index < -0.39 is 11.4 Å². The van der Waals surface area contributed by atoms with Crippen LogP contribution in [0.1, 0.15) is 45.4 Å². The Morgan fingerprint density at radius 1 is 1.37 bits per heavy atom. The first-order valence-electron chi connectivity index (χ1n) is 7.73. The van der Waals surface area contributed by atoms with Crippen molar-refractivity contribution in [2.75, 3.05) is 33.2 Å². The van der Waals surface area contributed by atoms with Crippen molar-refractivity contribution < 1.29 is 9.90 Å². The van der Waals surface area contributed by atoms with Crippen LogP contribution in [-0.2, 0) is 4.79 Å². The summed E-state index contributed by atoms with van der Waals surface area (Å²) < 4.78 is 0. The summed E-state index contributed by atoms with van der Waals surface area (Å²) in [7, 11) is 2.17. The van der Waals surface area contributed by atoms with E-state index in [1.165, 1.54) is 19.4 Å². The van der Waals surface area contributed by atoms with Gasteiger partial charge >= 0.3 is 5.97 Å². The van der Waals surface area contributed by atoms with Gasteiger partial charge in [-0.25, -0.2) is 0 Å². The van der Waals surface area contributed by atoms with E-state index in [4.69, 9.17) is 0 Å². The second-order valence-electron chi connectivity index (χ2n) is 6.47. The van der Waals surface area contributed by atoms with Gasteiger partial charge in [0.25, 0.3) is 0 Å². The molecule has 0 bridgehead atoms. The Balaban J connectivity index is 2.04. The first-order chi connectivity index (χ1) is 9.07. The average molecular weight is 268 g/mol. The summed E-state index contributed by atoms with van der Waals surface area (Å²) in [6, 6.07) is 0.564. The lowest BCUT2D eigenvalue weighted by molar-refractivity contribution is -0.154. The molecule has 0 aromatic carbocycles. The number of aliphatic carboxylic acids is 1. The number of piperidine rings is 2. The van der Waals surface area contributed by atoms with Crippen LogP contribution in [0.15, 0.2) is 0 Å². The topological polar surface area (TPSA) is 43.8 Å². The van der Waals surface area contributed by atoms with Gasteiger partial charge in [0.05, 0.1) is 5.41 Å². The van der Waals surface area contributed by atoms with E-state index in [-0.39, 0.29) is 0 Å². The van der Waals surface area contributed by atoms with Crippen LogP contribution in [0.5, 0.6) is 0 Å².